The molecular formula is C20H22N2O2. The first-order chi connectivity index (χ1) is 11.3. The third-order valence-corrected chi connectivity index (χ3v) is 4.42. The van der Waals surface area contributed by atoms with Crippen LogP contribution in [0.2, 0.25) is 0 Å². The Balaban J connectivity index is 1.83. The molecule has 0 saturated heterocycles. The lowest BCUT2D eigenvalue weighted by atomic mass is 9.88. The molecule has 1 atom stereocenters. The van der Waals surface area contributed by atoms with Crippen LogP contribution in [-0.2, 0) is 0 Å². The van der Waals surface area contributed by atoms with Crippen LogP contribution in [-0.4, -0.2) is 17.1 Å². The molecule has 1 aromatic heterocycles. The van der Waals surface area contributed by atoms with Gasteiger partial charge in [0.1, 0.15) is 0 Å². The number of fused-ring (bicyclic) bond motifs is 1. The third-order valence-electron chi connectivity index (χ3n) is 4.42. The molecule has 4 heteroatoms. The summed E-state index contributed by atoms with van der Waals surface area (Å²) in [5.41, 5.74) is 1.19. The van der Waals surface area contributed by atoms with Crippen molar-refractivity contribution < 1.29 is 9.32 Å². The first kappa shape index (κ1) is 16.2. The highest BCUT2D eigenvalue weighted by atomic mass is 16.5. The van der Waals surface area contributed by atoms with E-state index in [9.17, 15) is 4.79 Å². The predicted octanol–water partition coefficient (Wildman–Crippen LogP) is 4.66. The first-order valence-corrected chi connectivity index (χ1v) is 8.11. The Morgan fingerprint density at radius 1 is 1.08 bits per heavy atom. The predicted molar refractivity (Wildman–Crippen MR) is 95.8 cm³/mol. The van der Waals surface area contributed by atoms with Crippen LogP contribution in [0.25, 0.3) is 22.1 Å². The van der Waals surface area contributed by atoms with E-state index in [-0.39, 0.29) is 17.4 Å². The second kappa shape index (κ2) is 6.11. The number of aromatic nitrogens is 1. The number of nitrogens with zero attached hydrogens (tertiary/aromatic N) is 1. The minimum atomic E-state index is -0.215. The van der Waals surface area contributed by atoms with E-state index in [1.807, 2.05) is 43.3 Å². The van der Waals surface area contributed by atoms with Crippen molar-refractivity contribution in [2.75, 3.05) is 0 Å². The topological polar surface area (TPSA) is 55.1 Å². The van der Waals surface area contributed by atoms with Gasteiger partial charge in [0.05, 0.1) is 0 Å². The van der Waals surface area contributed by atoms with Crippen LogP contribution in [0.3, 0.4) is 0 Å². The van der Waals surface area contributed by atoms with E-state index in [0.717, 1.165) is 16.3 Å². The molecule has 0 bridgehead atoms. The van der Waals surface area contributed by atoms with Crippen LogP contribution in [0.1, 0.15) is 38.2 Å². The molecule has 0 saturated carbocycles. The second-order valence-electron chi connectivity index (χ2n) is 7.20. The Kier molecular flexibility index (Phi) is 4.14. The van der Waals surface area contributed by atoms with Crippen molar-refractivity contribution in [3.63, 3.8) is 0 Å². The number of hydrogen-bond acceptors (Lipinski definition) is 3. The zero-order valence-corrected chi connectivity index (χ0v) is 14.5. The lowest BCUT2D eigenvalue weighted by Crippen LogP contribution is -2.41. The van der Waals surface area contributed by atoms with Crippen LogP contribution in [0, 0.1) is 5.41 Å². The van der Waals surface area contributed by atoms with Crippen molar-refractivity contribution in [2.45, 2.75) is 33.7 Å². The molecule has 4 nitrogen and oxygen atoms in total. The number of benzene rings is 2. The van der Waals surface area contributed by atoms with Crippen molar-refractivity contribution in [2.24, 2.45) is 5.41 Å². The molecule has 0 aliphatic carbocycles. The smallest absolute Gasteiger partial charge is 0.273 e. The molecule has 0 aliphatic rings. The van der Waals surface area contributed by atoms with Gasteiger partial charge in [-0.1, -0.05) is 62.3 Å². The van der Waals surface area contributed by atoms with Crippen LogP contribution in [0.15, 0.2) is 53.1 Å². The highest BCUT2D eigenvalue weighted by Gasteiger charge is 2.23. The summed E-state index contributed by atoms with van der Waals surface area (Å²) >= 11 is 0. The highest BCUT2D eigenvalue weighted by molar-refractivity contribution is 5.94. The molecule has 1 N–H and O–H groups in total. The summed E-state index contributed by atoms with van der Waals surface area (Å²) in [7, 11) is 0. The monoisotopic (exact) mass is 322 g/mol. The van der Waals surface area contributed by atoms with Gasteiger partial charge in [0, 0.05) is 17.7 Å². The van der Waals surface area contributed by atoms with Crippen molar-refractivity contribution >= 4 is 16.7 Å². The van der Waals surface area contributed by atoms with Gasteiger partial charge in [-0.15, -0.1) is 0 Å². The van der Waals surface area contributed by atoms with E-state index >= 15 is 0 Å². The number of hydrogen-bond donors (Lipinski definition) is 1. The number of nitrogens with one attached hydrogen (secondary N) is 1. The Morgan fingerprint density at radius 3 is 2.50 bits per heavy atom. The molecule has 24 heavy (non-hydrogen) atoms. The largest absolute Gasteiger partial charge is 0.355 e. The van der Waals surface area contributed by atoms with Crippen LogP contribution >= 0.6 is 0 Å². The summed E-state index contributed by atoms with van der Waals surface area (Å²) in [5.74, 6) is 0.377. The van der Waals surface area contributed by atoms with Crippen molar-refractivity contribution in [3.05, 3.63) is 54.2 Å². The molecular weight excluding hydrogens is 300 g/mol. The van der Waals surface area contributed by atoms with Crippen molar-refractivity contribution in [1.82, 2.24) is 10.5 Å². The minimum Gasteiger partial charge on any atom is -0.355 e. The maximum atomic E-state index is 12.3. The van der Waals surface area contributed by atoms with E-state index in [0.29, 0.717) is 11.5 Å². The quantitative estimate of drug-likeness (QED) is 0.763. The SMILES string of the molecule is CC(NC(=O)c1cc(-c2ccc3ccccc3c2)on1)C(C)(C)C. The Bertz CT molecular complexity index is 874. The number of carbonyl (C=O) groups excluding carboxylic acids is 1. The van der Waals surface area contributed by atoms with Gasteiger partial charge in [-0.05, 0) is 29.2 Å². The zero-order valence-electron chi connectivity index (χ0n) is 14.5. The molecule has 0 spiro atoms. The summed E-state index contributed by atoms with van der Waals surface area (Å²) in [6.07, 6.45) is 0. The van der Waals surface area contributed by atoms with Crippen LogP contribution in [0.4, 0.5) is 0 Å². The van der Waals surface area contributed by atoms with Crippen LogP contribution < -0.4 is 5.32 Å². The molecule has 1 unspecified atom stereocenters. The lowest BCUT2D eigenvalue weighted by Gasteiger charge is -2.27. The van der Waals surface area contributed by atoms with E-state index in [2.05, 4.69) is 37.3 Å². The zero-order chi connectivity index (χ0) is 17.3. The Hall–Kier alpha value is -2.62. The molecule has 1 heterocycles. The molecule has 3 rings (SSSR count). The fourth-order valence-electron chi connectivity index (χ4n) is 2.35. The van der Waals surface area contributed by atoms with Gasteiger partial charge in [-0.25, -0.2) is 0 Å². The fraction of sp³-hybridized carbons (Fsp3) is 0.300. The van der Waals surface area contributed by atoms with Gasteiger partial charge in [-0.2, -0.15) is 0 Å². The molecule has 2 aromatic carbocycles. The van der Waals surface area contributed by atoms with Crippen LogP contribution in [0.5, 0.6) is 0 Å². The van der Waals surface area contributed by atoms with E-state index in [4.69, 9.17) is 4.52 Å². The van der Waals surface area contributed by atoms with Gasteiger partial charge < -0.3 is 9.84 Å². The molecule has 3 aromatic rings. The molecule has 0 radical (unpaired) electrons. The fourth-order valence-corrected chi connectivity index (χ4v) is 2.35. The number of rotatable bonds is 3. The minimum absolute atomic E-state index is 0.0133. The highest BCUT2D eigenvalue weighted by Crippen LogP contribution is 2.25. The molecule has 0 fully saturated rings. The van der Waals surface area contributed by atoms with E-state index in [1.54, 1.807) is 6.07 Å². The van der Waals surface area contributed by atoms with Gasteiger partial charge in [0.25, 0.3) is 5.91 Å². The standard InChI is InChI=1S/C20H22N2O2/c1-13(20(2,3)4)21-19(23)17-12-18(24-22-17)16-10-9-14-7-5-6-8-15(14)11-16/h5-13H,1-4H3,(H,21,23). The van der Waals surface area contributed by atoms with E-state index < -0.39 is 0 Å². The Labute approximate surface area is 141 Å². The summed E-state index contributed by atoms with van der Waals surface area (Å²) in [4.78, 5) is 12.3. The van der Waals surface area contributed by atoms with Crippen molar-refractivity contribution in [3.8, 4) is 11.3 Å². The number of carbonyl (C=O) groups is 1. The summed E-state index contributed by atoms with van der Waals surface area (Å²) in [6.45, 7) is 8.24. The summed E-state index contributed by atoms with van der Waals surface area (Å²) in [5, 5.41) is 9.18. The maximum absolute atomic E-state index is 12.3. The van der Waals surface area contributed by atoms with Gasteiger partial charge in [0.15, 0.2) is 11.5 Å². The first-order valence-electron chi connectivity index (χ1n) is 8.11. The van der Waals surface area contributed by atoms with Gasteiger partial charge in [0.2, 0.25) is 0 Å². The summed E-state index contributed by atoms with van der Waals surface area (Å²) in [6, 6.07) is 15.9. The average Bonchev–Trinajstić information content (AvgIpc) is 3.03. The van der Waals surface area contributed by atoms with E-state index in [1.165, 1.54) is 0 Å². The van der Waals surface area contributed by atoms with Gasteiger partial charge in [-0.3, -0.25) is 4.79 Å². The molecule has 1 amide bonds. The molecule has 124 valence electrons. The summed E-state index contributed by atoms with van der Waals surface area (Å²) < 4.78 is 5.38. The van der Waals surface area contributed by atoms with Crippen molar-refractivity contribution in [1.29, 1.82) is 0 Å². The third kappa shape index (κ3) is 3.32. The average molecular weight is 322 g/mol. The van der Waals surface area contributed by atoms with Gasteiger partial charge >= 0.3 is 0 Å². The molecule has 0 aliphatic heterocycles. The normalized spacial score (nSPS) is 13.0. The Morgan fingerprint density at radius 2 is 1.79 bits per heavy atom. The second-order valence-corrected chi connectivity index (χ2v) is 7.20. The maximum Gasteiger partial charge on any atom is 0.273 e. The lowest BCUT2D eigenvalue weighted by molar-refractivity contribution is 0.0901. The number of amides is 1.